The molecular formula is C21H32O4. The fourth-order valence-corrected chi connectivity index (χ4v) is 5.24. The lowest BCUT2D eigenvalue weighted by Gasteiger charge is -2.47. The Kier molecular flexibility index (Phi) is 5.27. The highest BCUT2D eigenvalue weighted by Gasteiger charge is 2.60. The van der Waals surface area contributed by atoms with Gasteiger partial charge in [-0.15, -0.1) is 0 Å². The highest BCUT2D eigenvalue weighted by Crippen LogP contribution is 2.59. The van der Waals surface area contributed by atoms with Gasteiger partial charge in [-0.3, -0.25) is 0 Å². The first-order valence-corrected chi connectivity index (χ1v) is 9.58. The predicted molar refractivity (Wildman–Crippen MR) is 97.9 cm³/mol. The van der Waals surface area contributed by atoms with Crippen LogP contribution >= 0.6 is 0 Å². The molecule has 0 bridgehead atoms. The predicted octanol–water partition coefficient (Wildman–Crippen LogP) is 2.62. The third kappa shape index (κ3) is 3.14. The Morgan fingerprint density at radius 2 is 2.04 bits per heavy atom. The molecule has 0 aromatic rings. The van der Waals surface area contributed by atoms with Crippen LogP contribution in [0.1, 0.15) is 58.8 Å². The summed E-state index contributed by atoms with van der Waals surface area (Å²) >= 11 is 0. The summed E-state index contributed by atoms with van der Waals surface area (Å²) in [6.07, 6.45) is 10.7. The fraction of sp³-hybridized carbons (Fsp3) is 0.714. The Labute approximate surface area is 150 Å². The first-order chi connectivity index (χ1) is 11.8. The van der Waals surface area contributed by atoms with Crippen molar-refractivity contribution in [2.45, 2.75) is 76.6 Å². The van der Waals surface area contributed by atoms with Crippen LogP contribution in [0.3, 0.4) is 0 Å². The molecule has 3 aliphatic carbocycles. The van der Waals surface area contributed by atoms with E-state index in [1.165, 1.54) is 16.7 Å². The molecule has 3 rings (SSSR count). The number of allylic oxidation sites excluding steroid dienone is 5. The van der Waals surface area contributed by atoms with Crippen molar-refractivity contribution in [3.63, 3.8) is 0 Å². The highest BCUT2D eigenvalue weighted by molar-refractivity contribution is 5.37. The number of aliphatic hydroxyl groups is 4. The van der Waals surface area contributed by atoms with Gasteiger partial charge in [-0.05, 0) is 68.9 Å². The minimum atomic E-state index is -1.23. The second-order valence-electron chi connectivity index (χ2n) is 8.41. The van der Waals surface area contributed by atoms with Crippen LogP contribution in [0.2, 0.25) is 0 Å². The van der Waals surface area contributed by atoms with Gasteiger partial charge in [0.1, 0.15) is 6.10 Å². The smallest absolute Gasteiger partial charge is 0.106 e. The number of fused-ring (bicyclic) bond motifs is 1. The third-order valence-corrected chi connectivity index (χ3v) is 7.08. The largest absolute Gasteiger partial charge is 0.394 e. The van der Waals surface area contributed by atoms with Crippen LogP contribution in [-0.2, 0) is 0 Å². The summed E-state index contributed by atoms with van der Waals surface area (Å²) in [6.45, 7) is 3.79. The van der Waals surface area contributed by atoms with Gasteiger partial charge in [-0.2, -0.15) is 0 Å². The van der Waals surface area contributed by atoms with E-state index in [2.05, 4.69) is 32.1 Å². The van der Waals surface area contributed by atoms with E-state index in [-0.39, 0.29) is 12.0 Å². The molecule has 1 fully saturated rings. The third-order valence-electron chi connectivity index (χ3n) is 7.08. The lowest BCUT2D eigenvalue weighted by Crippen LogP contribution is -2.55. The number of aliphatic hydroxyl groups excluding tert-OH is 3. The van der Waals surface area contributed by atoms with Crippen LogP contribution in [0.25, 0.3) is 0 Å². The molecule has 0 aliphatic heterocycles. The van der Waals surface area contributed by atoms with Gasteiger partial charge in [0.25, 0.3) is 0 Å². The van der Waals surface area contributed by atoms with Crippen molar-refractivity contribution in [3.8, 4) is 0 Å². The van der Waals surface area contributed by atoms with Crippen LogP contribution < -0.4 is 0 Å². The summed E-state index contributed by atoms with van der Waals surface area (Å²) in [5.41, 5.74) is 2.14. The van der Waals surface area contributed by atoms with Gasteiger partial charge < -0.3 is 20.4 Å². The average Bonchev–Trinajstić information content (AvgIpc) is 2.88. The summed E-state index contributed by atoms with van der Waals surface area (Å²) in [4.78, 5) is 0. The van der Waals surface area contributed by atoms with Crippen molar-refractivity contribution >= 4 is 0 Å². The summed E-state index contributed by atoms with van der Waals surface area (Å²) in [5, 5.41) is 40.7. The maximum atomic E-state index is 11.1. The molecular weight excluding hydrogens is 316 g/mol. The monoisotopic (exact) mass is 348 g/mol. The Morgan fingerprint density at radius 3 is 2.76 bits per heavy atom. The molecule has 4 N–H and O–H groups in total. The minimum Gasteiger partial charge on any atom is -0.394 e. The zero-order valence-corrected chi connectivity index (χ0v) is 15.4. The SMILES string of the molecule is CC1=C(/C=C/C2=CCC[C@@]3(C)[C@H]2CC[C@]3(O)[C@H](O)CO)C[C@@H](O)CC1. The molecule has 0 heterocycles. The molecule has 0 spiro atoms. The topological polar surface area (TPSA) is 80.9 Å². The molecule has 1 saturated carbocycles. The zero-order valence-electron chi connectivity index (χ0n) is 15.4. The Hall–Kier alpha value is -0.940. The van der Waals surface area contributed by atoms with Gasteiger partial charge in [0, 0.05) is 5.41 Å². The molecule has 4 nitrogen and oxygen atoms in total. The summed E-state index contributed by atoms with van der Waals surface area (Å²) in [6, 6.07) is 0. The highest BCUT2D eigenvalue weighted by atomic mass is 16.4. The minimum absolute atomic E-state index is 0.193. The lowest BCUT2D eigenvalue weighted by atomic mass is 9.61. The molecule has 3 aliphatic rings. The van der Waals surface area contributed by atoms with Crippen LogP contribution in [0, 0.1) is 11.3 Å². The van der Waals surface area contributed by atoms with E-state index < -0.39 is 23.7 Å². The van der Waals surface area contributed by atoms with Crippen LogP contribution in [-0.4, -0.2) is 44.8 Å². The van der Waals surface area contributed by atoms with E-state index in [4.69, 9.17) is 0 Å². The van der Waals surface area contributed by atoms with Crippen molar-refractivity contribution in [1.82, 2.24) is 0 Å². The van der Waals surface area contributed by atoms with E-state index in [1.54, 1.807) is 0 Å². The molecule has 5 atom stereocenters. The maximum Gasteiger partial charge on any atom is 0.106 e. The van der Waals surface area contributed by atoms with Crippen LogP contribution in [0.15, 0.2) is 34.9 Å². The molecule has 140 valence electrons. The molecule has 0 aromatic carbocycles. The van der Waals surface area contributed by atoms with E-state index in [9.17, 15) is 20.4 Å². The van der Waals surface area contributed by atoms with Gasteiger partial charge in [-0.1, -0.05) is 30.7 Å². The van der Waals surface area contributed by atoms with Crippen molar-refractivity contribution in [2.24, 2.45) is 11.3 Å². The number of rotatable bonds is 4. The average molecular weight is 348 g/mol. The first kappa shape index (κ1) is 18.8. The zero-order chi connectivity index (χ0) is 18.2. The van der Waals surface area contributed by atoms with E-state index in [0.29, 0.717) is 12.8 Å². The van der Waals surface area contributed by atoms with Crippen molar-refractivity contribution in [3.05, 3.63) is 34.9 Å². The molecule has 0 saturated heterocycles. The van der Waals surface area contributed by atoms with Crippen molar-refractivity contribution in [1.29, 1.82) is 0 Å². The van der Waals surface area contributed by atoms with Crippen molar-refractivity contribution in [2.75, 3.05) is 6.61 Å². The second-order valence-corrected chi connectivity index (χ2v) is 8.41. The Morgan fingerprint density at radius 1 is 1.28 bits per heavy atom. The summed E-state index contributed by atoms with van der Waals surface area (Å²) in [7, 11) is 0. The fourth-order valence-electron chi connectivity index (χ4n) is 5.24. The molecule has 0 amide bonds. The second kappa shape index (κ2) is 6.99. The van der Waals surface area contributed by atoms with E-state index in [1.807, 2.05) is 0 Å². The molecule has 0 unspecified atom stereocenters. The molecule has 0 radical (unpaired) electrons. The first-order valence-electron chi connectivity index (χ1n) is 9.58. The van der Waals surface area contributed by atoms with Gasteiger partial charge in [0.05, 0.1) is 18.3 Å². The van der Waals surface area contributed by atoms with Crippen LogP contribution in [0.5, 0.6) is 0 Å². The summed E-state index contributed by atoms with van der Waals surface area (Å²) in [5.74, 6) is 0.193. The van der Waals surface area contributed by atoms with Crippen LogP contribution in [0.4, 0.5) is 0 Å². The molecule has 0 aromatic heterocycles. The quantitative estimate of drug-likeness (QED) is 0.630. The van der Waals surface area contributed by atoms with Gasteiger partial charge in [0.15, 0.2) is 0 Å². The van der Waals surface area contributed by atoms with E-state index in [0.717, 1.165) is 32.1 Å². The Balaban J connectivity index is 1.83. The van der Waals surface area contributed by atoms with Gasteiger partial charge >= 0.3 is 0 Å². The summed E-state index contributed by atoms with van der Waals surface area (Å²) < 4.78 is 0. The normalized spacial score (nSPS) is 40.3. The van der Waals surface area contributed by atoms with E-state index >= 15 is 0 Å². The van der Waals surface area contributed by atoms with Gasteiger partial charge in [0.2, 0.25) is 0 Å². The Bertz CT molecular complexity index is 605. The standard InChI is InChI=1S/C21H32O4/c1-14-5-8-17(23)12-16(14)7-6-15-4-3-10-20(2)18(15)9-11-21(20,25)19(24)13-22/h4,6-7,17-19,22-25H,3,5,8-13H2,1-2H3/b7-6+/t17-,18-,19+,20-,21-/m0/s1. The number of hydrogen-bond donors (Lipinski definition) is 4. The van der Waals surface area contributed by atoms with Gasteiger partial charge in [-0.25, -0.2) is 0 Å². The maximum absolute atomic E-state index is 11.1. The molecule has 4 heteroatoms. The molecule has 25 heavy (non-hydrogen) atoms. The van der Waals surface area contributed by atoms with Crippen molar-refractivity contribution < 1.29 is 20.4 Å². The lowest BCUT2D eigenvalue weighted by molar-refractivity contribution is -0.159. The number of hydrogen-bond acceptors (Lipinski definition) is 4.